The van der Waals surface area contributed by atoms with Gasteiger partial charge in [0.2, 0.25) is 0 Å². The van der Waals surface area contributed by atoms with Gasteiger partial charge in [0, 0.05) is 23.7 Å². The van der Waals surface area contributed by atoms with Gasteiger partial charge in [-0.05, 0) is 62.5 Å². The first-order valence-electron chi connectivity index (χ1n) is 8.97. The predicted octanol–water partition coefficient (Wildman–Crippen LogP) is 2.75. The summed E-state index contributed by atoms with van der Waals surface area (Å²) in [5.41, 5.74) is 0.405. The molecule has 27 heavy (non-hydrogen) atoms. The van der Waals surface area contributed by atoms with E-state index in [1.165, 1.54) is 0 Å². The Morgan fingerprint density at radius 1 is 1.22 bits per heavy atom. The number of nitrogens with zero attached hydrogens (tertiary/aromatic N) is 1. The van der Waals surface area contributed by atoms with Crippen LogP contribution >= 0.6 is 23.4 Å². The summed E-state index contributed by atoms with van der Waals surface area (Å²) in [4.78, 5) is 39.0. The minimum Gasteiger partial charge on any atom is -0.451 e. The summed E-state index contributed by atoms with van der Waals surface area (Å²) in [6.07, 6.45) is 3.42. The van der Waals surface area contributed by atoms with Crippen molar-refractivity contribution >= 4 is 41.1 Å². The molecule has 0 bridgehead atoms. The molecule has 2 rings (SSSR count). The number of benzene rings is 1. The van der Waals surface area contributed by atoms with Crippen LogP contribution in [0.1, 0.15) is 36.5 Å². The molecule has 1 N–H and O–H groups in total. The Labute approximate surface area is 169 Å². The maximum Gasteiger partial charge on any atom is 0.329 e. The maximum absolute atomic E-state index is 12.6. The monoisotopic (exact) mass is 412 g/mol. The Morgan fingerprint density at radius 2 is 1.85 bits per heavy atom. The Bertz CT molecular complexity index is 662. The lowest BCUT2D eigenvalue weighted by atomic mass is 10.1. The Balaban J connectivity index is 1.98. The Hall–Kier alpha value is -1.73. The normalized spacial score (nSPS) is 15.9. The summed E-state index contributed by atoms with van der Waals surface area (Å²) in [7, 11) is 0. The van der Waals surface area contributed by atoms with Crippen LogP contribution in [0.25, 0.3) is 0 Å². The van der Waals surface area contributed by atoms with Crippen molar-refractivity contribution in [2.24, 2.45) is 0 Å². The standard InChI is InChI=1S/C19H25ClN2O4S/c1-13(18(24)22-10-3-4-11-22)26-19(25)16(9-12-27-2)21-17(23)14-5-7-15(20)8-6-14/h5-8,13,16H,3-4,9-12H2,1-2H3,(H,21,23)/t13-,16-/m0/s1. The van der Waals surface area contributed by atoms with E-state index in [9.17, 15) is 14.4 Å². The number of thioether (sulfide) groups is 1. The molecule has 1 aliphatic heterocycles. The van der Waals surface area contributed by atoms with Crippen LogP contribution in [0, 0.1) is 0 Å². The number of carbonyl (C=O) groups excluding carboxylic acids is 3. The van der Waals surface area contributed by atoms with Gasteiger partial charge in [-0.15, -0.1) is 0 Å². The molecular formula is C19H25ClN2O4S. The zero-order valence-electron chi connectivity index (χ0n) is 15.6. The molecule has 0 spiro atoms. The van der Waals surface area contributed by atoms with Gasteiger partial charge in [-0.25, -0.2) is 4.79 Å². The van der Waals surface area contributed by atoms with Crippen LogP contribution in [-0.2, 0) is 14.3 Å². The number of rotatable bonds is 8. The second-order valence-electron chi connectivity index (χ2n) is 6.43. The molecule has 0 radical (unpaired) electrons. The molecule has 0 aliphatic carbocycles. The van der Waals surface area contributed by atoms with Crippen molar-refractivity contribution in [3.8, 4) is 0 Å². The van der Waals surface area contributed by atoms with Gasteiger partial charge >= 0.3 is 5.97 Å². The van der Waals surface area contributed by atoms with Gasteiger partial charge in [0.1, 0.15) is 6.04 Å². The first-order chi connectivity index (χ1) is 12.9. The van der Waals surface area contributed by atoms with Crippen molar-refractivity contribution in [3.05, 3.63) is 34.9 Å². The number of hydrogen-bond donors (Lipinski definition) is 1. The van der Waals surface area contributed by atoms with Gasteiger partial charge < -0.3 is 15.0 Å². The van der Waals surface area contributed by atoms with Gasteiger partial charge in [-0.1, -0.05) is 11.6 Å². The average molecular weight is 413 g/mol. The van der Waals surface area contributed by atoms with E-state index >= 15 is 0 Å². The van der Waals surface area contributed by atoms with Crippen LogP contribution in [0.5, 0.6) is 0 Å². The first kappa shape index (κ1) is 21.6. The molecule has 1 aromatic rings. The topological polar surface area (TPSA) is 75.7 Å². The number of halogens is 1. The van der Waals surface area contributed by atoms with Crippen molar-refractivity contribution in [2.75, 3.05) is 25.1 Å². The van der Waals surface area contributed by atoms with E-state index in [0.29, 0.717) is 35.8 Å². The fourth-order valence-electron chi connectivity index (χ4n) is 2.83. The van der Waals surface area contributed by atoms with Crippen molar-refractivity contribution < 1.29 is 19.1 Å². The van der Waals surface area contributed by atoms with E-state index in [4.69, 9.17) is 16.3 Å². The lowest BCUT2D eigenvalue weighted by Crippen LogP contribution is -2.45. The zero-order valence-corrected chi connectivity index (χ0v) is 17.1. The van der Waals surface area contributed by atoms with Gasteiger partial charge in [-0.3, -0.25) is 9.59 Å². The predicted molar refractivity (Wildman–Crippen MR) is 107 cm³/mol. The third kappa shape index (κ3) is 6.43. The first-order valence-corrected chi connectivity index (χ1v) is 10.7. The van der Waals surface area contributed by atoms with Crippen LogP contribution in [0.3, 0.4) is 0 Å². The number of esters is 1. The highest BCUT2D eigenvalue weighted by molar-refractivity contribution is 7.98. The van der Waals surface area contributed by atoms with Crippen LogP contribution in [-0.4, -0.2) is 59.9 Å². The Morgan fingerprint density at radius 3 is 2.44 bits per heavy atom. The summed E-state index contributed by atoms with van der Waals surface area (Å²) >= 11 is 7.40. The number of hydrogen-bond acceptors (Lipinski definition) is 5. The molecule has 0 unspecified atom stereocenters. The SMILES string of the molecule is CSCC[C@H](NC(=O)c1ccc(Cl)cc1)C(=O)O[C@@H](C)C(=O)N1CCCC1. The smallest absolute Gasteiger partial charge is 0.329 e. The molecule has 1 heterocycles. The summed E-state index contributed by atoms with van der Waals surface area (Å²) in [5, 5.41) is 3.23. The van der Waals surface area contributed by atoms with Crippen LogP contribution in [0.15, 0.2) is 24.3 Å². The number of amides is 2. The minimum atomic E-state index is -0.861. The van der Waals surface area contributed by atoms with Crippen molar-refractivity contribution in [2.45, 2.75) is 38.3 Å². The summed E-state index contributed by atoms with van der Waals surface area (Å²) < 4.78 is 5.36. The molecule has 1 aliphatic rings. The van der Waals surface area contributed by atoms with E-state index in [1.54, 1.807) is 47.9 Å². The molecular weight excluding hydrogens is 388 g/mol. The summed E-state index contributed by atoms with van der Waals surface area (Å²) in [6.45, 7) is 2.97. The van der Waals surface area contributed by atoms with Crippen molar-refractivity contribution in [1.82, 2.24) is 10.2 Å². The van der Waals surface area contributed by atoms with E-state index in [1.807, 2.05) is 6.26 Å². The largest absolute Gasteiger partial charge is 0.451 e. The lowest BCUT2D eigenvalue weighted by Gasteiger charge is -2.23. The van der Waals surface area contributed by atoms with Crippen LogP contribution in [0.4, 0.5) is 0 Å². The highest BCUT2D eigenvalue weighted by Gasteiger charge is 2.29. The summed E-state index contributed by atoms with van der Waals surface area (Å²) in [6, 6.07) is 5.60. The third-order valence-electron chi connectivity index (χ3n) is 4.37. The number of carbonyl (C=O) groups is 3. The molecule has 6 nitrogen and oxygen atoms in total. The summed E-state index contributed by atoms with van der Waals surface area (Å²) in [5.74, 6) is -0.483. The van der Waals surface area contributed by atoms with Gasteiger partial charge in [0.25, 0.3) is 11.8 Å². The lowest BCUT2D eigenvalue weighted by molar-refractivity contribution is -0.160. The average Bonchev–Trinajstić information content (AvgIpc) is 3.19. The fraction of sp³-hybridized carbons (Fsp3) is 0.526. The molecule has 1 saturated heterocycles. The molecule has 0 aromatic heterocycles. The third-order valence-corrected chi connectivity index (χ3v) is 5.26. The van der Waals surface area contributed by atoms with E-state index < -0.39 is 18.1 Å². The second-order valence-corrected chi connectivity index (χ2v) is 7.85. The molecule has 8 heteroatoms. The molecule has 2 amide bonds. The zero-order chi connectivity index (χ0) is 19.8. The molecule has 148 valence electrons. The van der Waals surface area contributed by atoms with Crippen LogP contribution < -0.4 is 5.32 Å². The number of ether oxygens (including phenoxy) is 1. The second kappa shape index (κ2) is 10.6. The number of likely N-dealkylation sites (tertiary alicyclic amines) is 1. The van der Waals surface area contributed by atoms with E-state index in [-0.39, 0.29) is 11.8 Å². The molecule has 1 fully saturated rings. The van der Waals surface area contributed by atoms with E-state index in [0.717, 1.165) is 12.8 Å². The maximum atomic E-state index is 12.6. The Kier molecular flexibility index (Phi) is 8.44. The van der Waals surface area contributed by atoms with Crippen molar-refractivity contribution in [3.63, 3.8) is 0 Å². The highest BCUT2D eigenvalue weighted by Crippen LogP contribution is 2.13. The molecule has 1 aromatic carbocycles. The fourth-order valence-corrected chi connectivity index (χ4v) is 3.43. The highest BCUT2D eigenvalue weighted by atomic mass is 35.5. The van der Waals surface area contributed by atoms with Gasteiger partial charge in [0.05, 0.1) is 0 Å². The van der Waals surface area contributed by atoms with Crippen molar-refractivity contribution in [1.29, 1.82) is 0 Å². The van der Waals surface area contributed by atoms with Gasteiger partial charge in [0.15, 0.2) is 6.10 Å². The number of nitrogens with one attached hydrogen (secondary N) is 1. The van der Waals surface area contributed by atoms with Gasteiger partial charge in [-0.2, -0.15) is 11.8 Å². The van der Waals surface area contributed by atoms with E-state index in [2.05, 4.69) is 5.32 Å². The molecule has 2 atom stereocenters. The van der Waals surface area contributed by atoms with Crippen LogP contribution in [0.2, 0.25) is 5.02 Å². The minimum absolute atomic E-state index is 0.187. The quantitative estimate of drug-likeness (QED) is 0.664. The molecule has 0 saturated carbocycles.